The van der Waals surface area contributed by atoms with Crippen LogP contribution in [0.25, 0.3) is 86.9 Å². The molecule has 11 rings (SSSR count). The van der Waals surface area contributed by atoms with Gasteiger partial charge < -0.3 is 9.80 Å². The van der Waals surface area contributed by atoms with E-state index < -0.39 is 0 Å². The molecule has 0 heterocycles. The van der Waals surface area contributed by atoms with E-state index in [1.807, 2.05) is 18.2 Å². The molecule has 0 aliphatic heterocycles. The summed E-state index contributed by atoms with van der Waals surface area (Å²) in [5.41, 5.74) is 11.5. The largest absolute Gasteiger partial charge is 0.310 e. The Morgan fingerprint density at radius 3 is 1.20 bits per heavy atom. The second kappa shape index (κ2) is 16.9. The molecule has 0 atom stereocenters. The fourth-order valence-corrected chi connectivity index (χ4v) is 10.6. The summed E-state index contributed by atoms with van der Waals surface area (Å²) in [4.78, 5) is 4.74. The fourth-order valence-electron chi connectivity index (χ4n) is 10.6. The lowest BCUT2D eigenvalue weighted by Gasteiger charge is -2.28. The molecule has 0 radical (unpaired) electrons. The van der Waals surface area contributed by atoms with E-state index in [1.54, 1.807) is 0 Å². The van der Waals surface area contributed by atoms with E-state index in [0.29, 0.717) is 0 Å². The van der Waals surface area contributed by atoms with E-state index in [4.69, 9.17) is 0 Å². The van der Waals surface area contributed by atoms with Crippen LogP contribution in [0.2, 0.25) is 0 Å². The van der Waals surface area contributed by atoms with Gasteiger partial charge in [0, 0.05) is 33.5 Å². The minimum atomic E-state index is 1.04. The summed E-state index contributed by atoms with van der Waals surface area (Å²) in [7, 11) is 0. The number of nitrogens with zero attached hydrogens (tertiary/aromatic N) is 2. The zero-order valence-corrected chi connectivity index (χ0v) is 37.2. The number of allylic oxidation sites excluding steroid dienone is 8. The van der Waals surface area contributed by atoms with E-state index in [2.05, 4.69) is 249 Å². The summed E-state index contributed by atoms with van der Waals surface area (Å²) in [5.74, 6) is 0. The average Bonchev–Trinajstić information content (AvgIpc) is 3.89. The van der Waals surface area contributed by atoms with E-state index in [0.717, 1.165) is 34.1 Å². The standard InChI is InChI=1S/C64H48N2/c1-5-9-30-45(8-4)65(47-31-18-12-19-32-47)55-41-39-53-59-49(55)35-22-37-51(59)61-57(43-26-14-10-15-27-43)64-54-40-42-56(66(46(24-6-2)25-7-3)48-33-20-13-21-34-48)50-36-23-38-52(60(50)54)62(64)58(63(53)61)44-28-16-11-17-29-44/h5-42H,1-2H2,3-4H3. The second-order valence-electron chi connectivity index (χ2n) is 16.7. The minimum Gasteiger partial charge on any atom is -0.310 e. The summed E-state index contributed by atoms with van der Waals surface area (Å²) in [5, 5.41) is 15.0. The van der Waals surface area contributed by atoms with Crippen molar-refractivity contribution in [2.75, 3.05) is 9.80 Å². The number of fused-ring (bicyclic) bond motifs is 6. The smallest absolute Gasteiger partial charge is 0.0540 e. The third kappa shape index (κ3) is 6.33. The summed E-state index contributed by atoms with van der Waals surface area (Å²) >= 11 is 0. The van der Waals surface area contributed by atoms with Gasteiger partial charge in [0.25, 0.3) is 0 Å². The van der Waals surface area contributed by atoms with Crippen molar-refractivity contribution in [2.24, 2.45) is 0 Å². The first kappa shape index (κ1) is 40.3. The Bertz CT molecular complexity index is 3630. The van der Waals surface area contributed by atoms with Crippen molar-refractivity contribution in [3.05, 3.63) is 255 Å². The maximum absolute atomic E-state index is 4.12. The molecule has 0 bridgehead atoms. The van der Waals surface area contributed by atoms with Crippen molar-refractivity contribution >= 4 is 87.4 Å². The van der Waals surface area contributed by atoms with Crippen molar-refractivity contribution in [1.29, 1.82) is 0 Å². The molecule has 0 amide bonds. The molecule has 11 aromatic carbocycles. The number of para-hydroxylation sites is 2. The van der Waals surface area contributed by atoms with Crippen molar-refractivity contribution in [3.63, 3.8) is 0 Å². The third-order valence-electron chi connectivity index (χ3n) is 13.1. The molecule has 0 saturated carbocycles. The first-order valence-corrected chi connectivity index (χ1v) is 22.8. The van der Waals surface area contributed by atoms with E-state index in [9.17, 15) is 0 Å². The third-order valence-corrected chi connectivity index (χ3v) is 13.1. The van der Waals surface area contributed by atoms with Gasteiger partial charge in [-0.25, -0.2) is 0 Å². The van der Waals surface area contributed by atoms with E-state index in [-0.39, 0.29) is 0 Å². The molecule has 0 aliphatic carbocycles. The predicted molar refractivity (Wildman–Crippen MR) is 288 cm³/mol. The molecule has 0 aromatic heterocycles. The van der Waals surface area contributed by atoms with Gasteiger partial charge in [-0.15, -0.1) is 0 Å². The Morgan fingerprint density at radius 2 is 0.788 bits per heavy atom. The van der Waals surface area contributed by atoms with Gasteiger partial charge in [0.05, 0.1) is 11.4 Å². The van der Waals surface area contributed by atoms with Gasteiger partial charge in [0.1, 0.15) is 0 Å². The van der Waals surface area contributed by atoms with E-state index >= 15 is 0 Å². The van der Waals surface area contributed by atoms with Crippen LogP contribution in [0.1, 0.15) is 13.8 Å². The second-order valence-corrected chi connectivity index (χ2v) is 16.7. The highest BCUT2D eigenvalue weighted by Crippen LogP contribution is 2.57. The lowest BCUT2D eigenvalue weighted by atomic mass is 9.87. The Hall–Kier alpha value is -8.46. The SMILES string of the molecule is C=CC=CC(=CC)N(c1ccccc1)c1ccc2c3c(-c4ccccc4)c4c5cccc6c(N(C(C=CC)=CC=C)c7ccccc7)ccc(c4c(-c4ccccc4)c3c3cccc1c32)c65. The van der Waals surface area contributed by atoms with Crippen LogP contribution in [0, 0.1) is 0 Å². The number of anilines is 4. The number of rotatable bonds is 12. The van der Waals surface area contributed by atoms with Crippen LogP contribution in [0.3, 0.4) is 0 Å². The molecule has 0 N–H and O–H groups in total. The lowest BCUT2D eigenvalue weighted by Crippen LogP contribution is -2.15. The molecule has 66 heavy (non-hydrogen) atoms. The number of hydrogen-bond acceptors (Lipinski definition) is 2. The molecule has 314 valence electrons. The van der Waals surface area contributed by atoms with Crippen LogP contribution in [0.5, 0.6) is 0 Å². The summed E-state index contributed by atoms with van der Waals surface area (Å²) in [6, 6.07) is 66.7. The molecule has 0 unspecified atom stereocenters. The van der Waals surface area contributed by atoms with Crippen molar-refractivity contribution < 1.29 is 0 Å². The van der Waals surface area contributed by atoms with Gasteiger partial charge in [-0.05, 0) is 145 Å². The fraction of sp³-hybridized carbons (Fsp3) is 0.0312. The van der Waals surface area contributed by atoms with Crippen LogP contribution in [-0.2, 0) is 0 Å². The quantitative estimate of drug-likeness (QED) is 0.113. The van der Waals surface area contributed by atoms with Crippen LogP contribution >= 0.6 is 0 Å². The van der Waals surface area contributed by atoms with E-state index in [1.165, 1.54) is 86.9 Å². The number of benzene rings is 9. The Kier molecular flexibility index (Phi) is 10.3. The van der Waals surface area contributed by atoms with Gasteiger partial charge in [0.15, 0.2) is 0 Å². The molecular weight excluding hydrogens is 797 g/mol. The van der Waals surface area contributed by atoms with Crippen molar-refractivity contribution in [2.45, 2.75) is 13.8 Å². The lowest BCUT2D eigenvalue weighted by molar-refractivity contribution is 1.21. The highest BCUT2D eigenvalue weighted by Gasteiger charge is 2.29. The van der Waals surface area contributed by atoms with Crippen LogP contribution in [-0.4, -0.2) is 0 Å². The first-order valence-electron chi connectivity index (χ1n) is 22.8. The molecule has 0 saturated heterocycles. The summed E-state index contributed by atoms with van der Waals surface area (Å²) in [6.07, 6.45) is 16.4. The molecule has 0 aliphatic rings. The Labute approximate surface area is 386 Å². The highest BCUT2D eigenvalue weighted by atomic mass is 15.2. The summed E-state index contributed by atoms with van der Waals surface area (Å²) in [6.45, 7) is 12.3. The maximum atomic E-state index is 4.12. The molecule has 0 spiro atoms. The summed E-state index contributed by atoms with van der Waals surface area (Å²) < 4.78 is 0. The molecule has 0 fully saturated rings. The van der Waals surface area contributed by atoms with Gasteiger partial charge in [-0.2, -0.15) is 0 Å². The van der Waals surface area contributed by atoms with Gasteiger partial charge in [-0.3, -0.25) is 0 Å². The maximum Gasteiger partial charge on any atom is 0.0540 e. The molecule has 11 aromatic rings. The zero-order chi connectivity index (χ0) is 44.7. The molecule has 2 heteroatoms. The average molecular weight is 845 g/mol. The van der Waals surface area contributed by atoms with Gasteiger partial charge >= 0.3 is 0 Å². The van der Waals surface area contributed by atoms with Crippen molar-refractivity contribution in [1.82, 2.24) is 0 Å². The topological polar surface area (TPSA) is 6.48 Å². The first-order chi connectivity index (χ1) is 32.7. The van der Waals surface area contributed by atoms with Crippen molar-refractivity contribution in [3.8, 4) is 22.3 Å². The minimum absolute atomic E-state index is 1.04. The Balaban J connectivity index is 1.33. The normalized spacial score (nSPS) is 12.6. The van der Waals surface area contributed by atoms with Gasteiger partial charge in [-0.1, -0.05) is 189 Å². The molecule has 2 nitrogen and oxygen atoms in total. The van der Waals surface area contributed by atoms with Gasteiger partial charge in [0.2, 0.25) is 0 Å². The monoisotopic (exact) mass is 844 g/mol. The Morgan fingerprint density at radius 1 is 0.379 bits per heavy atom. The number of hydrogen-bond donors (Lipinski definition) is 0. The van der Waals surface area contributed by atoms with Crippen LogP contribution in [0.15, 0.2) is 255 Å². The predicted octanol–water partition coefficient (Wildman–Crippen LogP) is 18.4. The molecular formula is C64H48N2. The zero-order valence-electron chi connectivity index (χ0n) is 37.2. The highest BCUT2D eigenvalue weighted by molar-refractivity contribution is 6.47. The van der Waals surface area contributed by atoms with Crippen LogP contribution < -0.4 is 9.80 Å². The van der Waals surface area contributed by atoms with Crippen LogP contribution in [0.4, 0.5) is 22.7 Å².